The fraction of sp³-hybridized carbons (Fsp3) is 0.0714. The van der Waals surface area contributed by atoms with E-state index in [0.717, 1.165) is 11.1 Å². The summed E-state index contributed by atoms with van der Waals surface area (Å²) in [6, 6.07) is 8.52. The Balaban J connectivity index is 2.31. The summed E-state index contributed by atoms with van der Waals surface area (Å²) in [6.07, 6.45) is 3.32. The number of hydrogen-bond donors (Lipinski definition) is 1. The summed E-state index contributed by atoms with van der Waals surface area (Å²) in [4.78, 5) is 3.97. The number of aryl methyl sites for hydroxylation is 1. The molecule has 0 aliphatic rings. The number of benzene rings is 1. The van der Waals surface area contributed by atoms with Gasteiger partial charge in [0.05, 0.1) is 5.69 Å². The van der Waals surface area contributed by atoms with Crippen LogP contribution in [0.2, 0.25) is 0 Å². The van der Waals surface area contributed by atoms with E-state index >= 15 is 0 Å². The molecule has 2 aromatic heterocycles. The maximum atomic E-state index is 14.2. The number of pyridine rings is 1. The number of para-hydroxylation sites is 1. The van der Waals surface area contributed by atoms with Gasteiger partial charge in [-0.3, -0.25) is 14.6 Å². The summed E-state index contributed by atoms with van der Waals surface area (Å²) in [6.45, 7) is 1.84. The van der Waals surface area contributed by atoms with E-state index in [-0.39, 0.29) is 5.82 Å². The minimum atomic E-state index is -0.335. The van der Waals surface area contributed by atoms with Crippen LogP contribution in [0.4, 0.5) is 4.39 Å². The Morgan fingerprint density at radius 3 is 2.65 bits per heavy atom. The van der Waals surface area contributed by atoms with Crippen LogP contribution in [0.25, 0.3) is 17.1 Å². The van der Waals surface area contributed by atoms with Crippen LogP contribution in [0.15, 0.2) is 42.7 Å². The first kappa shape index (κ1) is 12.7. The van der Waals surface area contributed by atoms with Crippen molar-refractivity contribution >= 4 is 12.2 Å². The van der Waals surface area contributed by atoms with Gasteiger partial charge in [0.2, 0.25) is 0 Å². The molecule has 3 aromatic rings. The van der Waals surface area contributed by atoms with Gasteiger partial charge in [0.25, 0.3) is 0 Å². The predicted octanol–water partition coefficient (Wildman–Crippen LogP) is 3.44. The van der Waals surface area contributed by atoms with Gasteiger partial charge >= 0.3 is 0 Å². The number of rotatable bonds is 2. The average molecular weight is 286 g/mol. The van der Waals surface area contributed by atoms with Gasteiger partial charge in [0.15, 0.2) is 10.6 Å². The highest BCUT2D eigenvalue weighted by atomic mass is 32.1. The van der Waals surface area contributed by atoms with Crippen molar-refractivity contribution in [3.05, 3.63) is 58.9 Å². The number of halogens is 1. The lowest BCUT2D eigenvalue weighted by molar-refractivity contribution is 0.616. The quantitative estimate of drug-likeness (QED) is 0.734. The number of H-pyrrole nitrogens is 1. The highest BCUT2D eigenvalue weighted by Crippen LogP contribution is 2.25. The molecule has 4 nitrogen and oxygen atoms in total. The molecule has 0 spiro atoms. The molecule has 0 radical (unpaired) electrons. The zero-order chi connectivity index (χ0) is 14.1. The lowest BCUT2D eigenvalue weighted by atomic mass is 10.1. The van der Waals surface area contributed by atoms with Crippen LogP contribution in [0, 0.1) is 17.5 Å². The summed E-state index contributed by atoms with van der Waals surface area (Å²) < 4.78 is 16.1. The van der Waals surface area contributed by atoms with E-state index in [4.69, 9.17) is 12.2 Å². The monoisotopic (exact) mass is 286 g/mol. The molecular weight excluding hydrogens is 275 g/mol. The first-order chi connectivity index (χ1) is 9.68. The Morgan fingerprint density at radius 2 is 1.95 bits per heavy atom. The molecular formula is C14H11FN4S. The Hall–Kier alpha value is -2.34. The third-order valence-electron chi connectivity index (χ3n) is 3.02. The molecule has 0 saturated carbocycles. The van der Waals surface area contributed by atoms with Crippen LogP contribution >= 0.6 is 12.2 Å². The molecule has 3 rings (SSSR count). The van der Waals surface area contributed by atoms with Crippen LogP contribution in [0.3, 0.4) is 0 Å². The fourth-order valence-electron chi connectivity index (χ4n) is 2.11. The van der Waals surface area contributed by atoms with Crippen LogP contribution in [0.1, 0.15) is 5.56 Å². The van der Waals surface area contributed by atoms with Crippen molar-refractivity contribution in [1.29, 1.82) is 0 Å². The lowest BCUT2D eigenvalue weighted by Crippen LogP contribution is -2.03. The molecule has 1 aromatic carbocycles. The van der Waals surface area contributed by atoms with Crippen LogP contribution in [-0.2, 0) is 0 Å². The lowest BCUT2D eigenvalue weighted by Gasteiger charge is -2.10. The molecule has 0 amide bonds. The van der Waals surface area contributed by atoms with E-state index in [1.807, 2.05) is 13.0 Å². The second kappa shape index (κ2) is 4.97. The van der Waals surface area contributed by atoms with Crippen LogP contribution in [0.5, 0.6) is 0 Å². The maximum absolute atomic E-state index is 14.2. The molecule has 0 unspecified atom stereocenters. The minimum Gasteiger partial charge on any atom is -0.265 e. The van der Waals surface area contributed by atoms with E-state index < -0.39 is 0 Å². The largest absolute Gasteiger partial charge is 0.265 e. The van der Waals surface area contributed by atoms with Crippen molar-refractivity contribution in [1.82, 2.24) is 19.7 Å². The van der Waals surface area contributed by atoms with E-state index in [0.29, 0.717) is 16.3 Å². The zero-order valence-corrected chi connectivity index (χ0v) is 11.5. The summed E-state index contributed by atoms with van der Waals surface area (Å²) >= 11 is 5.24. The van der Waals surface area contributed by atoms with Gasteiger partial charge in [0, 0.05) is 18.0 Å². The van der Waals surface area contributed by atoms with Crippen molar-refractivity contribution in [2.24, 2.45) is 0 Å². The third-order valence-corrected chi connectivity index (χ3v) is 3.30. The molecule has 0 aliphatic heterocycles. The normalized spacial score (nSPS) is 10.7. The molecule has 0 saturated heterocycles. The highest BCUT2D eigenvalue weighted by Gasteiger charge is 2.15. The smallest absolute Gasteiger partial charge is 0.200 e. The van der Waals surface area contributed by atoms with Crippen LogP contribution in [-0.4, -0.2) is 19.7 Å². The molecule has 20 heavy (non-hydrogen) atoms. The van der Waals surface area contributed by atoms with Crippen molar-refractivity contribution in [3.63, 3.8) is 0 Å². The molecule has 1 N–H and O–H groups in total. The van der Waals surface area contributed by atoms with Crippen molar-refractivity contribution in [2.75, 3.05) is 0 Å². The van der Waals surface area contributed by atoms with E-state index in [1.165, 1.54) is 6.07 Å². The summed E-state index contributed by atoms with van der Waals surface area (Å²) in [7, 11) is 0. The summed E-state index contributed by atoms with van der Waals surface area (Å²) in [5.41, 5.74) is 2.02. The van der Waals surface area contributed by atoms with Gasteiger partial charge in [-0.2, -0.15) is 5.10 Å². The standard InChI is InChI=1S/C14H11FN4S/c1-9-3-2-4-11(15)12(9)19-13(17-18-14(19)20)10-5-7-16-8-6-10/h2-8H,1H3,(H,18,20). The van der Waals surface area contributed by atoms with E-state index in [9.17, 15) is 4.39 Å². The van der Waals surface area contributed by atoms with Gasteiger partial charge in [-0.05, 0) is 42.9 Å². The van der Waals surface area contributed by atoms with Gasteiger partial charge in [-0.25, -0.2) is 4.39 Å². The number of nitrogens with zero attached hydrogens (tertiary/aromatic N) is 3. The van der Waals surface area contributed by atoms with E-state index in [2.05, 4.69) is 15.2 Å². The molecule has 0 bridgehead atoms. The molecule has 100 valence electrons. The first-order valence-corrected chi connectivity index (χ1v) is 6.42. The fourth-order valence-corrected chi connectivity index (χ4v) is 2.33. The Kier molecular flexibility index (Phi) is 3.15. The summed E-state index contributed by atoms with van der Waals surface area (Å²) in [5.74, 6) is 0.225. The number of nitrogens with one attached hydrogen (secondary N) is 1. The van der Waals surface area contributed by atoms with Gasteiger partial charge in [-0.1, -0.05) is 12.1 Å². The SMILES string of the molecule is Cc1cccc(F)c1-n1c(-c2ccncc2)n[nH]c1=S. The Morgan fingerprint density at radius 1 is 1.20 bits per heavy atom. The minimum absolute atomic E-state index is 0.335. The first-order valence-electron chi connectivity index (χ1n) is 6.02. The molecule has 2 heterocycles. The second-order valence-electron chi connectivity index (χ2n) is 4.33. The second-order valence-corrected chi connectivity index (χ2v) is 4.72. The van der Waals surface area contributed by atoms with Crippen LogP contribution < -0.4 is 0 Å². The van der Waals surface area contributed by atoms with Gasteiger partial charge < -0.3 is 0 Å². The van der Waals surface area contributed by atoms with Crippen molar-refractivity contribution in [2.45, 2.75) is 6.92 Å². The average Bonchev–Trinajstić information content (AvgIpc) is 2.82. The molecule has 0 aliphatic carbocycles. The number of aromatic amines is 1. The highest BCUT2D eigenvalue weighted by molar-refractivity contribution is 7.71. The maximum Gasteiger partial charge on any atom is 0.200 e. The summed E-state index contributed by atoms with van der Waals surface area (Å²) in [5, 5.41) is 6.91. The number of hydrogen-bond acceptors (Lipinski definition) is 3. The molecule has 6 heteroatoms. The Labute approximate surface area is 119 Å². The topological polar surface area (TPSA) is 46.5 Å². The zero-order valence-electron chi connectivity index (χ0n) is 10.7. The Bertz CT molecular complexity index is 787. The predicted molar refractivity (Wildman–Crippen MR) is 76.7 cm³/mol. The van der Waals surface area contributed by atoms with Crippen molar-refractivity contribution in [3.8, 4) is 17.1 Å². The van der Waals surface area contributed by atoms with Gasteiger partial charge in [-0.15, -0.1) is 0 Å². The van der Waals surface area contributed by atoms with E-state index in [1.54, 1.807) is 35.2 Å². The van der Waals surface area contributed by atoms with Crippen molar-refractivity contribution < 1.29 is 4.39 Å². The molecule has 0 fully saturated rings. The third kappa shape index (κ3) is 2.04. The van der Waals surface area contributed by atoms with Gasteiger partial charge in [0.1, 0.15) is 5.82 Å². The molecule has 0 atom stereocenters. The number of aromatic nitrogens is 4.